The summed E-state index contributed by atoms with van der Waals surface area (Å²) in [6, 6.07) is 7.31. The number of amides is 2. The lowest BCUT2D eigenvalue weighted by molar-refractivity contribution is 0.0722. The highest BCUT2D eigenvalue weighted by Gasteiger charge is 2.34. The van der Waals surface area contributed by atoms with Gasteiger partial charge in [0.1, 0.15) is 11.5 Å². The van der Waals surface area contributed by atoms with Crippen molar-refractivity contribution in [2.75, 3.05) is 0 Å². The van der Waals surface area contributed by atoms with E-state index in [2.05, 4.69) is 0 Å². The van der Waals surface area contributed by atoms with E-state index in [1.165, 1.54) is 0 Å². The molecule has 0 aromatic carbocycles. The summed E-state index contributed by atoms with van der Waals surface area (Å²) in [5.74, 6) is 1.04. The Bertz CT molecular complexity index is 685. The molecule has 2 amide bonds. The van der Waals surface area contributed by atoms with Crippen LogP contribution in [-0.2, 0) is 6.54 Å². The van der Waals surface area contributed by atoms with Crippen LogP contribution in [0, 0.1) is 6.92 Å². The zero-order valence-electron chi connectivity index (χ0n) is 11.7. The van der Waals surface area contributed by atoms with Crippen LogP contribution in [-0.4, -0.2) is 22.8 Å². The van der Waals surface area contributed by atoms with Crippen molar-refractivity contribution in [3.8, 4) is 0 Å². The lowest BCUT2D eigenvalue weighted by Crippen LogP contribution is -2.31. The van der Waals surface area contributed by atoms with Crippen LogP contribution in [0.1, 0.15) is 43.7 Å². The maximum Gasteiger partial charge on any atom is 0.264 e. The Kier molecular flexibility index (Phi) is 3.55. The van der Waals surface area contributed by atoms with E-state index in [1.807, 2.05) is 24.0 Å². The van der Waals surface area contributed by atoms with Crippen molar-refractivity contribution in [3.63, 3.8) is 0 Å². The van der Waals surface area contributed by atoms with Crippen LogP contribution in [0.2, 0.25) is 0 Å². The molecule has 0 aliphatic heterocycles. The molecular weight excluding hydrogens is 288 g/mol. The number of nitrogens with zero attached hydrogens (tertiary/aromatic N) is 1. The average molecular weight is 304 g/mol. The van der Waals surface area contributed by atoms with Crippen LogP contribution in [0.15, 0.2) is 28.7 Å². The quantitative estimate of drug-likeness (QED) is 0.922. The van der Waals surface area contributed by atoms with Gasteiger partial charge in [-0.2, -0.15) is 0 Å². The topological polar surface area (TPSA) is 76.5 Å². The Balaban J connectivity index is 1.79. The summed E-state index contributed by atoms with van der Waals surface area (Å²) in [5.41, 5.74) is 5.23. The molecule has 21 heavy (non-hydrogen) atoms. The third-order valence-electron chi connectivity index (χ3n) is 3.43. The van der Waals surface area contributed by atoms with Crippen LogP contribution in [0.3, 0.4) is 0 Å². The molecule has 2 N–H and O–H groups in total. The van der Waals surface area contributed by atoms with Gasteiger partial charge in [-0.1, -0.05) is 0 Å². The molecule has 0 atom stereocenters. The minimum Gasteiger partial charge on any atom is -0.464 e. The number of primary amides is 1. The van der Waals surface area contributed by atoms with E-state index in [-0.39, 0.29) is 11.9 Å². The molecule has 2 aromatic heterocycles. The average Bonchev–Trinajstić information content (AvgIpc) is 3.00. The molecule has 110 valence electrons. The Morgan fingerprint density at radius 1 is 1.29 bits per heavy atom. The smallest absolute Gasteiger partial charge is 0.264 e. The number of aryl methyl sites for hydroxylation is 1. The molecule has 2 heterocycles. The van der Waals surface area contributed by atoms with Gasteiger partial charge >= 0.3 is 0 Å². The standard InChI is InChI=1S/C15H16N2O3S/c1-9-2-5-11(20-9)8-17(10-3-4-10)15(19)13-7-6-12(21-13)14(16)18/h2,5-7,10H,3-4,8H2,1H3,(H2,16,18). The summed E-state index contributed by atoms with van der Waals surface area (Å²) in [5, 5.41) is 0. The van der Waals surface area contributed by atoms with E-state index in [0.29, 0.717) is 16.3 Å². The van der Waals surface area contributed by atoms with Crippen molar-refractivity contribution in [3.05, 3.63) is 45.5 Å². The van der Waals surface area contributed by atoms with E-state index in [1.54, 1.807) is 12.1 Å². The normalized spacial score (nSPS) is 14.1. The van der Waals surface area contributed by atoms with E-state index in [9.17, 15) is 9.59 Å². The fourth-order valence-corrected chi connectivity index (χ4v) is 3.03. The second-order valence-corrected chi connectivity index (χ2v) is 6.29. The highest BCUT2D eigenvalue weighted by Crippen LogP contribution is 2.31. The Labute approximate surface area is 126 Å². The molecule has 0 saturated heterocycles. The summed E-state index contributed by atoms with van der Waals surface area (Å²) in [6.45, 7) is 2.34. The number of nitrogens with two attached hydrogens (primary N) is 1. The summed E-state index contributed by atoms with van der Waals surface area (Å²) in [7, 11) is 0. The molecule has 0 bridgehead atoms. The SMILES string of the molecule is Cc1ccc(CN(C(=O)c2ccc(C(N)=O)s2)C2CC2)o1. The van der Waals surface area contributed by atoms with Gasteiger partial charge in [-0.05, 0) is 44.0 Å². The number of hydrogen-bond donors (Lipinski definition) is 1. The number of thiophene rings is 1. The fourth-order valence-electron chi connectivity index (χ4n) is 2.22. The van der Waals surface area contributed by atoms with Crippen molar-refractivity contribution in [2.45, 2.75) is 32.4 Å². The fraction of sp³-hybridized carbons (Fsp3) is 0.333. The van der Waals surface area contributed by atoms with Gasteiger partial charge in [-0.25, -0.2) is 0 Å². The molecule has 3 rings (SSSR count). The van der Waals surface area contributed by atoms with E-state index >= 15 is 0 Å². The predicted molar refractivity (Wildman–Crippen MR) is 79.2 cm³/mol. The second kappa shape index (κ2) is 5.37. The largest absolute Gasteiger partial charge is 0.464 e. The van der Waals surface area contributed by atoms with Gasteiger partial charge in [-0.15, -0.1) is 11.3 Å². The van der Waals surface area contributed by atoms with Gasteiger partial charge in [0.15, 0.2) is 0 Å². The lowest BCUT2D eigenvalue weighted by Gasteiger charge is -2.20. The first-order valence-electron chi connectivity index (χ1n) is 6.80. The zero-order valence-corrected chi connectivity index (χ0v) is 12.5. The van der Waals surface area contributed by atoms with Crippen LogP contribution in [0.4, 0.5) is 0 Å². The highest BCUT2D eigenvalue weighted by atomic mass is 32.1. The molecule has 0 radical (unpaired) electrons. The summed E-state index contributed by atoms with van der Waals surface area (Å²) in [6.07, 6.45) is 2.03. The van der Waals surface area contributed by atoms with Crippen LogP contribution in [0.5, 0.6) is 0 Å². The summed E-state index contributed by atoms with van der Waals surface area (Å²) in [4.78, 5) is 26.5. The minimum absolute atomic E-state index is 0.0657. The third kappa shape index (κ3) is 3.00. The predicted octanol–water partition coefficient (Wildman–Crippen LogP) is 2.55. The lowest BCUT2D eigenvalue weighted by atomic mass is 10.3. The monoisotopic (exact) mass is 304 g/mol. The minimum atomic E-state index is -0.501. The number of rotatable bonds is 5. The molecule has 0 unspecified atom stereocenters. The molecule has 1 fully saturated rings. The van der Waals surface area contributed by atoms with Gasteiger partial charge < -0.3 is 15.1 Å². The molecule has 1 aliphatic rings. The maximum atomic E-state index is 12.6. The number of furan rings is 1. The summed E-state index contributed by atoms with van der Waals surface area (Å²) < 4.78 is 5.56. The molecule has 0 spiro atoms. The Hall–Kier alpha value is -2.08. The van der Waals surface area contributed by atoms with E-state index < -0.39 is 5.91 Å². The molecule has 1 aliphatic carbocycles. The third-order valence-corrected chi connectivity index (χ3v) is 4.52. The molecule has 1 saturated carbocycles. The summed E-state index contributed by atoms with van der Waals surface area (Å²) >= 11 is 1.14. The van der Waals surface area contributed by atoms with E-state index in [0.717, 1.165) is 35.7 Å². The van der Waals surface area contributed by atoms with Crippen molar-refractivity contribution in [1.82, 2.24) is 4.90 Å². The van der Waals surface area contributed by atoms with Crippen LogP contribution < -0.4 is 5.73 Å². The Morgan fingerprint density at radius 2 is 2.00 bits per heavy atom. The number of carbonyl (C=O) groups is 2. The van der Waals surface area contributed by atoms with Gasteiger partial charge in [0, 0.05) is 6.04 Å². The molecule has 2 aromatic rings. The first kappa shape index (κ1) is 13.9. The molecule has 5 nitrogen and oxygen atoms in total. The second-order valence-electron chi connectivity index (χ2n) is 5.20. The van der Waals surface area contributed by atoms with Crippen molar-refractivity contribution >= 4 is 23.2 Å². The van der Waals surface area contributed by atoms with Gasteiger partial charge in [0.25, 0.3) is 11.8 Å². The van der Waals surface area contributed by atoms with Gasteiger partial charge in [-0.3, -0.25) is 9.59 Å². The number of carbonyl (C=O) groups excluding carboxylic acids is 2. The van der Waals surface area contributed by atoms with Gasteiger partial charge in [0.05, 0.1) is 16.3 Å². The van der Waals surface area contributed by atoms with Crippen molar-refractivity contribution in [1.29, 1.82) is 0 Å². The first-order chi connectivity index (χ1) is 10.0. The maximum absolute atomic E-state index is 12.6. The molecule has 6 heteroatoms. The highest BCUT2D eigenvalue weighted by molar-refractivity contribution is 7.15. The van der Waals surface area contributed by atoms with E-state index in [4.69, 9.17) is 10.2 Å². The van der Waals surface area contributed by atoms with Gasteiger partial charge in [0.2, 0.25) is 0 Å². The Morgan fingerprint density at radius 3 is 2.52 bits per heavy atom. The van der Waals surface area contributed by atoms with Crippen molar-refractivity contribution in [2.24, 2.45) is 5.73 Å². The first-order valence-corrected chi connectivity index (χ1v) is 7.62. The van der Waals surface area contributed by atoms with Crippen LogP contribution in [0.25, 0.3) is 0 Å². The van der Waals surface area contributed by atoms with Crippen molar-refractivity contribution < 1.29 is 14.0 Å². The molecular formula is C15H16N2O3S. The zero-order chi connectivity index (χ0) is 15.0. The number of hydrogen-bond acceptors (Lipinski definition) is 4. The van der Waals surface area contributed by atoms with Crippen LogP contribution >= 0.6 is 11.3 Å².